The number of amides is 1. The summed E-state index contributed by atoms with van der Waals surface area (Å²) in [5, 5.41) is 11.9. The molecule has 0 spiro atoms. The number of aromatic nitrogens is 2. The zero-order chi connectivity index (χ0) is 17.5. The monoisotopic (exact) mass is 330 g/mol. The SMILES string of the molecule is CCNCCn1c(CC(C)C)nc2cc(/C=C/C(=O)NO)ccc21. The summed E-state index contributed by atoms with van der Waals surface area (Å²) in [5.41, 5.74) is 4.49. The minimum atomic E-state index is -0.549. The van der Waals surface area contributed by atoms with Gasteiger partial charge >= 0.3 is 0 Å². The molecule has 24 heavy (non-hydrogen) atoms. The molecule has 0 bridgehead atoms. The third-order valence-corrected chi connectivity index (χ3v) is 3.74. The van der Waals surface area contributed by atoms with Crippen LogP contribution < -0.4 is 10.8 Å². The van der Waals surface area contributed by atoms with Crippen molar-refractivity contribution >= 4 is 23.0 Å². The summed E-state index contributed by atoms with van der Waals surface area (Å²) in [7, 11) is 0. The average molecular weight is 330 g/mol. The lowest BCUT2D eigenvalue weighted by atomic mass is 10.1. The Labute approximate surface area is 142 Å². The molecule has 6 heteroatoms. The lowest BCUT2D eigenvalue weighted by Crippen LogP contribution is -2.20. The van der Waals surface area contributed by atoms with Crippen LogP contribution in [-0.4, -0.2) is 33.8 Å². The second-order valence-corrected chi connectivity index (χ2v) is 6.19. The van der Waals surface area contributed by atoms with Crippen LogP contribution in [0.15, 0.2) is 24.3 Å². The van der Waals surface area contributed by atoms with Gasteiger partial charge in [-0.15, -0.1) is 0 Å². The van der Waals surface area contributed by atoms with Crippen molar-refractivity contribution in [2.75, 3.05) is 13.1 Å². The average Bonchev–Trinajstić information content (AvgIpc) is 2.88. The van der Waals surface area contributed by atoms with Gasteiger partial charge in [-0.3, -0.25) is 10.0 Å². The number of rotatable bonds is 8. The number of nitrogens with one attached hydrogen (secondary N) is 2. The number of nitrogens with zero attached hydrogens (tertiary/aromatic N) is 2. The third-order valence-electron chi connectivity index (χ3n) is 3.74. The molecule has 0 saturated carbocycles. The first-order valence-corrected chi connectivity index (χ1v) is 8.37. The zero-order valence-electron chi connectivity index (χ0n) is 14.5. The van der Waals surface area contributed by atoms with Gasteiger partial charge in [0.1, 0.15) is 5.82 Å². The smallest absolute Gasteiger partial charge is 0.267 e. The summed E-state index contributed by atoms with van der Waals surface area (Å²) in [6, 6.07) is 5.95. The molecular formula is C18H26N4O2. The first-order valence-electron chi connectivity index (χ1n) is 8.37. The molecule has 130 valence electrons. The Kier molecular flexibility index (Phi) is 6.52. The summed E-state index contributed by atoms with van der Waals surface area (Å²) in [4.78, 5) is 15.9. The summed E-state index contributed by atoms with van der Waals surface area (Å²) >= 11 is 0. The highest BCUT2D eigenvalue weighted by Gasteiger charge is 2.12. The number of hydroxylamine groups is 1. The summed E-state index contributed by atoms with van der Waals surface area (Å²) in [6.07, 6.45) is 3.88. The molecule has 0 saturated heterocycles. The van der Waals surface area contributed by atoms with Gasteiger partial charge in [0.05, 0.1) is 11.0 Å². The van der Waals surface area contributed by atoms with E-state index in [4.69, 9.17) is 10.2 Å². The Morgan fingerprint density at radius 2 is 2.21 bits per heavy atom. The predicted molar refractivity (Wildman–Crippen MR) is 95.8 cm³/mol. The van der Waals surface area contributed by atoms with Crippen molar-refractivity contribution in [3.05, 3.63) is 35.7 Å². The minimum absolute atomic E-state index is 0.535. The Morgan fingerprint density at radius 1 is 1.42 bits per heavy atom. The third kappa shape index (κ3) is 4.66. The first-order chi connectivity index (χ1) is 11.5. The normalized spacial score (nSPS) is 11.7. The van der Waals surface area contributed by atoms with Crippen LogP contribution in [0, 0.1) is 5.92 Å². The van der Waals surface area contributed by atoms with E-state index in [0.29, 0.717) is 5.92 Å². The van der Waals surface area contributed by atoms with Gasteiger partial charge in [0, 0.05) is 25.6 Å². The van der Waals surface area contributed by atoms with Crippen LogP contribution in [0.3, 0.4) is 0 Å². The van der Waals surface area contributed by atoms with E-state index in [2.05, 4.69) is 30.7 Å². The van der Waals surface area contributed by atoms with Gasteiger partial charge in [-0.25, -0.2) is 10.5 Å². The molecule has 2 rings (SSSR count). The molecule has 3 N–H and O–H groups in total. The molecule has 1 amide bonds. The van der Waals surface area contributed by atoms with Crippen LogP contribution in [0.25, 0.3) is 17.1 Å². The molecule has 0 aliphatic rings. The van der Waals surface area contributed by atoms with E-state index in [1.165, 1.54) is 6.08 Å². The molecule has 1 aromatic heterocycles. The molecule has 0 fully saturated rings. The van der Waals surface area contributed by atoms with Crippen molar-refractivity contribution in [2.45, 2.75) is 33.7 Å². The van der Waals surface area contributed by atoms with Crippen LogP contribution in [-0.2, 0) is 17.8 Å². The van der Waals surface area contributed by atoms with Crippen molar-refractivity contribution in [2.24, 2.45) is 5.92 Å². The zero-order valence-corrected chi connectivity index (χ0v) is 14.5. The maximum absolute atomic E-state index is 11.1. The van der Waals surface area contributed by atoms with Gasteiger partial charge in [0.2, 0.25) is 0 Å². The fourth-order valence-electron chi connectivity index (χ4n) is 2.65. The molecule has 1 heterocycles. The van der Waals surface area contributed by atoms with E-state index in [1.54, 1.807) is 11.6 Å². The summed E-state index contributed by atoms with van der Waals surface area (Å²) in [6.45, 7) is 9.22. The van der Waals surface area contributed by atoms with Crippen LogP contribution in [0.5, 0.6) is 0 Å². The van der Waals surface area contributed by atoms with Gasteiger partial charge < -0.3 is 9.88 Å². The molecule has 0 radical (unpaired) electrons. The second kappa shape index (κ2) is 8.61. The highest BCUT2D eigenvalue weighted by molar-refractivity contribution is 5.91. The molecule has 1 aromatic carbocycles. The molecule has 0 unspecified atom stereocenters. The Morgan fingerprint density at radius 3 is 2.88 bits per heavy atom. The highest BCUT2D eigenvalue weighted by atomic mass is 16.5. The standard InChI is InChI=1S/C18H26N4O2/c1-4-19-9-10-22-16-7-5-14(6-8-18(23)21-24)12-15(16)20-17(22)11-13(2)3/h5-8,12-13,19,24H,4,9-11H2,1-3H3,(H,21,23)/b8-6+. The largest absolute Gasteiger partial charge is 0.327 e. The number of imidazole rings is 1. The maximum atomic E-state index is 11.1. The van der Waals surface area contributed by atoms with Crippen LogP contribution in [0.4, 0.5) is 0 Å². The van der Waals surface area contributed by atoms with E-state index in [-0.39, 0.29) is 0 Å². The molecule has 0 atom stereocenters. The fraction of sp³-hybridized carbons (Fsp3) is 0.444. The molecule has 2 aromatic rings. The maximum Gasteiger partial charge on any atom is 0.267 e. The van der Waals surface area contributed by atoms with E-state index >= 15 is 0 Å². The Bertz CT molecular complexity index is 719. The van der Waals surface area contributed by atoms with E-state index in [9.17, 15) is 4.79 Å². The Hall–Kier alpha value is -2.18. The Balaban J connectivity index is 2.34. The number of carbonyl (C=O) groups excluding carboxylic acids is 1. The van der Waals surface area contributed by atoms with Gasteiger partial charge in [-0.2, -0.15) is 0 Å². The van der Waals surface area contributed by atoms with Crippen LogP contribution in [0.2, 0.25) is 0 Å². The topological polar surface area (TPSA) is 79.2 Å². The molecule has 6 nitrogen and oxygen atoms in total. The predicted octanol–water partition coefficient (Wildman–Crippen LogP) is 2.36. The number of likely N-dealkylation sites (N-methyl/N-ethyl adjacent to an activating group) is 1. The van der Waals surface area contributed by atoms with Gasteiger partial charge in [0.15, 0.2) is 0 Å². The second-order valence-electron chi connectivity index (χ2n) is 6.19. The molecule has 0 aliphatic heterocycles. The number of fused-ring (bicyclic) bond motifs is 1. The van der Waals surface area contributed by atoms with Crippen LogP contribution >= 0.6 is 0 Å². The minimum Gasteiger partial charge on any atom is -0.327 e. The van der Waals surface area contributed by atoms with E-state index < -0.39 is 5.91 Å². The number of hydrogen-bond donors (Lipinski definition) is 3. The van der Waals surface area contributed by atoms with Gasteiger partial charge in [0.25, 0.3) is 5.91 Å². The molecule has 0 aliphatic carbocycles. The quantitative estimate of drug-likeness (QED) is 0.300. The van der Waals surface area contributed by atoms with Crippen molar-refractivity contribution < 1.29 is 10.0 Å². The molecular weight excluding hydrogens is 304 g/mol. The summed E-state index contributed by atoms with van der Waals surface area (Å²) in [5.74, 6) is 1.08. The first kappa shape index (κ1) is 18.2. The number of carbonyl (C=O) groups is 1. The van der Waals surface area contributed by atoms with Crippen molar-refractivity contribution in [3.8, 4) is 0 Å². The highest BCUT2D eigenvalue weighted by Crippen LogP contribution is 2.20. The van der Waals surface area contributed by atoms with Gasteiger partial charge in [-0.05, 0) is 36.2 Å². The van der Waals surface area contributed by atoms with E-state index in [0.717, 1.165) is 48.5 Å². The fourth-order valence-corrected chi connectivity index (χ4v) is 2.65. The lowest BCUT2D eigenvalue weighted by molar-refractivity contribution is -0.124. The van der Waals surface area contributed by atoms with Crippen molar-refractivity contribution in [3.63, 3.8) is 0 Å². The van der Waals surface area contributed by atoms with Crippen molar-refractivity contribution in [1.29, 1.82) is 0 Å². The van der Waals surface area contributed by atoms with Crippen LogP contribution in [0.1, 0.15) is 32.2 Å². The lowest BCUT2D eigenvalue weighted by Gasteiger charge is -2.11. The summed E-state index contributed by atoms with van der Waals surface area (Å²) < 4.78 is 2.27. The van der Waals surface area contributed by atoms with E-state index in [1.807, 2.05) is 18.2 Å². The van der Waals surface area contributed by atoms with Crippen molar-refractivity contribution in [1.82, 2.24) is 20.3 Å². The number of hydrogen-bond acceptors (Lipinski definition) is 4. The van der Waals surface area contributed by atoms with Gasteiger partial charge in [-0.1, -0.05) is 26.8 Å². The number of benzene rings is 1.